The van der Waals surface area contributed by atoms with E-state index in [9.17, 15) is 9.18 Å². The Labute approximate surface area is 170 Å². The van der Waals surface area contributed by atoms with Gasteiger partial charge in [-0.05, 0) is 65.8 Å². The van der Waals surface area contributed by atoms with E-state index in [4.69, 9.17) is 0 Å². The summed E-state index contributed by atoms with van der Waals surface area (Å²) in [6.45, 7) is 0.860. The predicted octanol–water partition coefficient (Wildman–Crippen LogP) is 4.67. The van der Waals surface area contributed by atoms with Gasteiger partial charge >= 0.3 is 0 Å². The van der Waals surface area contributed by atoms with E-state index in [1.54, 1.807) is 24.3 Å². The van der Waals surface area contributed by atoms with Crippen molar-refractivity contribution < 1.29 is 9.18 Å². The van der Waals surface area contributed by atoms with Crippen LogP contribution in [-0.4, -0.2) is 20.7 Å². The lowest BCUT2D eigenvalue weighted by molar-refractivity contribution is 0.102. The molecule has 1 N–H and O–H groups in total. The molecule has 1 amide bonds. The quantitative estimate of drug-likeness (QED) is 0.560. The monoisotopic (exact) mass is 476 g/mol. The summed E-state index contributed by atoms with van der Waals surface area (Å²) >= 11 is 2.09. The van der Waals surface area contributed by atoms with Crippen LogP contribution in [0.15, 0.2) is 42.5 Å². The molecule has 0 unspecified atom stereocenters. The molecule has 0 saturated carbocycles. The third kappa shape index (κ3) is 3.73. The van der Waals surface area contributed by atoms with Crippen LogP contribution in [0, 0.1) is 9.39 Å². The molecule has 0 saturated heterocycles. The zero-order chi connectivity index (χ0) is 18.8. The number of nitrogens with zero attached hydrogens (tertiary/aromatic N) is 3. The minimum atomic E-state index is -0.478. The molecule has 4 rings (SSSR count). The van der Waals surface area contributed by atoms with E-state index >= 15 is 0 Å². The van der Waals surface area contributed by atoms with Crippen molar-refractivity contribution in [3.63, 3.8) is 0 Å². The Kier molecular flexibility index (Phi) is 5.20. The van der Waals surface area contributed by atoms with Crippen molar-refractivity contribution in [1.29, 1.82) is 0 Å². The molecule has 138 valence electrons. The van der Waals surface area contributed by atoms with Crippen LogP contribution in [0.2, 0.25) is 0 Å². The molecular weight excluding hydrogens is 458 g/mol. The molecule has 0 atom stereocenters. The summed E-state index contributed by atoms with van der Waals surface area (Å²) in [5.41, 5.74) is 1.40. The fourth-order valence-electron chi connectivity index (χ4n) is 3.29. The molecule has 1 aliphatic heterocycles. The van der Waals surface area contributed by atoms with Gasteiger partial charge in [0.2, 0.25) is 0 Å². The first-order chi connectivity index (χ1) is 13.1. The number of benzene rings is 2. The Bertz CT molecular complexity index is 1000. The van der Waals surface area contributed by atoms with Crippen LogP contribution < -0.4 is 5.32 Å². The van der Waals surface area contributed by atoms with Gasteiger partial charge in [-0.25, -0.2) is 4.39 Å². The van der Waals surface area contributed by atoms with E-state index < -0.39 is 5.82 Å². The highest BCUT2D eigenvalue weighted by Crippen LogP contribution is 2.27. The number of carbonyl (C=O) groups excluding carboxylic acids is 1. The first kappa shape index (κ1) is 18.1. The van der Waals surface area contributed by atoms with Gasteiger partial charge in [0.1, 0.15) is 11.6 Å². The van der Waals surface area contributed by atoms with Crippen LogP contribution in [-0.2, 0) is 13.0 Å². The molecule has 1 aliphatic rings. The lowest BCUT2D eigenvalue weighted by atomic mass is 10.1. The molecule has 2 heterocycles. The SMILES string of the molecule is O=C(Nc1cc(-c2nnc3n2CCCCC3)ccc1F)c1ccccc1I. The minimum absolute atomic E-state index is 0.142. The first-order valence-electron chi connectivity index (χ1n) is 8.91. The number of amides is 1. The van der Waals surface area contributed by atoms with Crippen LogP contribution in [0.4, 0.5) is 10.1 Å². The molecule has 0 spiro atoms. The van der Waals surface area contributed by atoms with Gasteiger partial charge in [0.25, 0.3) is 5.91 Å². The number of hydrogen-bond acceptors (Lipinski definition) is 3. The Morgan fingerprint density at radius 2 is 1.96 bits per heavy atom. The van der Waals surface area contributed by atoms with Crippen molar-refractivity contribution in [2.45, 2.75) is 32.2 Å². The Morgan fingerprint density at radius 3 is 2.81 bits per heavy atom. The second kappa shape index (κ2) is 7.75. The molecular formula is C20H18FIN4O. The second-order valence-electron chi connectivity index (χ2n) is 6.53. The molecule has 2 aromatic carbocycles. The fraction of sp³-hybridized carbons (Fsp3) is 0.250. The van der Waals surface area contributed by atoms with Crippen LogP contribution in [0.25, 0.3) is 11.4 Å². The van der Waals surface area contributed by atoms with Gasteiger partial charge in [-0.1, -0.05) is 18.6 Å². The second-order valence-corrected chi connectivity index (χ2v) is 7.69. The Morgan fingerprint density at radius 1 is 1.11 bits per heavy atom. The highest BCUT2D eigenvalue weighted by molar-refractivity contribution is 14.1. The fourth-order valence-corrected chi connectivity index (χ4v) is 3.93. The topological polar surface area (TPSA) is 59.8 Å². The first-order valence-corrected chi connectivity index (χ1v) is 9.99. The van der Waals surface area contributed by atoms with Crippen molar-refractivity contribution in [3.8, 4) is 11.4 Å². The lowest BCUT2D eigenvalue weighted by Crippen LogP contribution is -2.14. The van der Waals surface area contributed by atoms with E-state index in [1.165, 1.54) is 12.5 Å². The van der Waals surface area contributed by atoms with Crippen molar-refractivity contribution in [1.82, 2.24) is 14.8 Å². The van der Waals surface area contributed by atoms with E-state index in [0.29, 0.717) is 5.56 Å². The summed E-state index contributed by atoms with van der Waals surface area (Å²) in [6, 6.07) is 11.9. The van der Waals surface area contributed by atoms with Gasteiger partial charge in [-0.3, -0.25) is 4.79 Å². The molecule has 27 heavy (non-hydrogen) atoms. The number of halogens is 2. The highest BCUT2D eigenvalue weighted by Gasteiger charge is 2.18. The lowest BCUT2D eigenvalue weighted by Gasteiger charge is -2.11. The van der Waals surface area contributed by atoms with Crippen molar-refractivity contribution >= 4 is 34.2 Å². The Hall–Kier alpha value is -2.29. The molecule has 7 heteroatoms. The van der Waals surface area contributed by atoms with Gasteiger partial charge in [0, 0.05) is 22.1 Å². The maximum Gasteiger partial charge on any atom is 0.256 e. The Balaban J connectivity index is 1.66. The van der Waals surface area contributed by atoms with Gasteiger partial charge in [-0.15, -0.1) is 10.2 Å². The number of fused-ring (bicyclic) bond motifs is 1. The summed E-state index contributed by atoms with van der Waals surface area (Å²) in [7, 11) is 0. The summed E-state index contributed by atoms with van der Waals surface area (Å²) in [5.74, 6) is 0.873. The van der Waals surface area contributed by atoms with E-state index in [1.807, 2.05) is 12.1 Å². The van der Waals surface area contributed by atoms with Crippen LogP contribution in [0.3, 0.4) is 0 Å². The van der Waals surface area contributed by atoms with E-state index in [2.05, 4.69) is 42.7 Å². The molecule has 5 nitrogen and oxygen atoms in total. The zero-order valence-corrected chi connectivity index (χ0v) is 16.7. The highest BCUT2D eigenvalue weighted by atomic mass is 127. The number of aryl methyl sites for hydroxylation is 1. The van der Waals surface area contributed by atoms with E-state index in [-0.39, 0.29) is 11.6 Å². The van der Waals surface area contributed by atoms with Crippen LogP contribution in [0.5, 0.6) is 0 Å². The van der Waals surface area contributed by atoms with E-state index in [0.717, 1.165) is 46.6 Å². The zero-order valence-electron chi connectivity index (χ0n) is 14.6. The van der Waals surface area contributed by atoms with Gasteiger partial charge < -0.3 is 9.88 Å². The van der Waals surface area contributed by atoms with Crippen molar-refractivity contribution in [3.05, 3.63) is 63.2 Å². The predicted molar refractivity (Wildman–Crippen MR) is 110 cm³/mol. The number of hydrogen-bond donors (Lipinski definition) is 1. The molecule has 1 aromatic heterocycles. The summed E-state index contributed by atoms with van der Waals surface area (Å²) < 4.78 is 17.2. The summed E-state index contributed by atoms with van der Waals surface area (Å²) in [5, 5.41) is 11.3. The summed E-state index contributed by atoms with van der Waals surface area (Å²) in [4.78, 5) is 12.5. The van der Waals surface area contributed by atoms with Crippen molar-refractivity contribution in [2.24, 2.45) is 0 Å². The molecule has 3 aromatic rings. The van der Waals surface area contributed by atoms with Crippen LogP contribution in [0.1, 0.15) is 35.4 Å². The molecule has 0 radical (unpaired) electrons. The van der Waals surface area contributed by atoms with Gasteiger partial charge in [0.15, 0.2) is 5.82 Å². The molecule has 0 bridgehead atoms. The third-order valence-corrected chi connectivity index (χ3v) is 5.64. The normalized spacial score (nSPS) is 13.7. The summed E-state index contributed by atoms with van der Waals surface area (Å²) in [6.07, 6.45) is 4.27. The minimum Gasteiger partial charge on any atom is -0.319 e. The number of anilines is 1. The van der Waals surface area contributed by atoms with Crippen molar-refractivity contribution in [2.75, 3.05) is 5.32 Å². The molecule has 0 aliphatic carbocycles. The molecule has 0 fully saturated rings. The number of nitrogens with one attached hydrogen (secondary N) is 1. The smallest absolute Gasteiger partial charge is 0.256 e. The number of aromatic nitrogens is 3. The number of carbonyl (C=O) groups is 1. The maximum atomic E-state index is 14.3. The van der Waals surface area contributed by atoms with Gasteiger partial charge in [-0.2, -0.15) is 0 Å². The van der Waals surface area contributed by atoms with Gasteiger partial charge in [0.05, 0.1) is 11.3 Å². The maximum absolute atomic E-state index is 14.3. The largest absolute Gasteiger partial charge is 0.319 e. The third-order valence-electron chi connectivity index (χ3n) is 4.70. The van der Waals surface area contributed by atoms with Crippen LogP contribution >= 0.6 is 22.6 Å². The number of rotatable bonds is 3. The standard InChI is InChI=1S/C20H18FIN4O/c21-15-10-9-13(19-25-24-18-8-2-1-5-11-26(18)19)12-17(15)23-20(27)14-6-3-4-7-16(14)22/h3-4,6-7,9-10,12H,1-2,5,8,11H2,(H,23,27). The average Bonchev–Trinajstić information content (AvgIpc) is 2.92. The average molecular weight is 476 g/mol.